The molecule has 0 aliphatic rings. The molecule has 0 radical (unpaired) electrons. The Morgan fingerprint density at radius 3 is 2.79 bits per heavy atom. The molecule has 0 aliphatic carbocycles. The highest BCUT2D eigenvalue weighted by Gasteiger charge is 2.07. The molecule has 0 aliphatic heterocycles. The van der Waals surface area contributed by atoms with Crippen molar-refractivity contribution in [1.82, 2.24) is 0 Å². The summed E-state index contributed by atoms with van der Waals surface area (Å²) in [5.74, 6) is 0.625. The first-order chi connectivity index (χ1) is 9.17. The minimum atomic E-state index is -0.641. The van der Waals surface area contributed by atoms with Crippen molar-refractivity contribution >= 4 is 15.9 Å². The molecule has 1 atom stereocenters. The van der Waals surface area contributed by atoms with Crippen molar-refractivity contribution in [2.24, 2.45) is 0 Å². The first kappa shape index (κ1) is 16.4. The van der Waals surface area contributed by atoms with Gasteiger partial charge in [0, 0.05) is 11.1 Å². The van der Waals surface area contributed by atoms with Crippen LogP contribution in [-0.2, 0) is 11.3 Å². The Morgan fingerprint density at radius 2 is 2.11 bits per heavy atom. The Bertz CT molecular complexity index is 370. The van der Waals surface area contributed by atoms with E-state index < -0.39 is 6.10 Å². The van der Waals surface area contributed by atoms with Crippen LogP contribution in [0.15, 0.2) is 22.7 Å². The SMILES string of the molecule is CCCCOCC(O)COc1ccc(Br)c(CO)c1. The molecule has 0 amide bonds. The predicted molar refractivity (Wildman–Crippen MR) is 77.3 cm³/mol. The molecule has 0 saturated carbocycles. The van der Waals surface area contributed by atoms with Crippen LogP contribution in [0, 0.1) is 0 Å². The number of benzene rings is 1. The molecular weight excluding hydrogens is 312 g/mol. The smallest absolute Gasteiger partial charge is 0.119 e. The average Bonchev–Trinajstić information content (AvgIpc) is 2.42. The largest absolute Gasteiger partial charge is 0.491 e. The molecule has 0 spiro atoms. The van der Waals surface area contributed by atoms with Gasteiger partial charge in [-0.1, -0.05) is 29.3 Å². The van der Waals surface area contributed by atoms with Crippen LogP contribution in [-0.4, -0.2) is 36.1 Å². The summed E-state index contributed by atoms with van der Waals surface area (Å²) in [7, 11) is 0. The van der Waals surface area contributed by atoms with Gasteiger partial charge in [-0.3, -0.25) is 0 Å². The van der Waals surface area contributed by atoms with Crippen LogP contribution in [0.2, 0.25) is 0 Å². The topological polar surface area (TPSA) is 58.9 Å². The van der Waals surface area contributed by atoms with E-state index in [2.05, 4.69) is 22.9 Å². The molecule has 0 saturated heterocycles. The van der Waals surface area contributed by atoms with E-state index in [1.165, 1.54) is 0 Å². The third-order valence-electron chi connectivity index (χ3n) is 2.58. The lowest BCUT2D eigenvalue weighted by Gasteiger charge is -2.13. The Kier molecular flexibility index (Phi) is 8.05. The standard InChI is InChI=1S/C14H21BrO4/c1-2-3-6-18-9-12(17)10-19-13-4-5-14(15)11(7-13)8-16/h4-5,7,12,16-17H,2-3,6,8-10H2,1H3. The van der Waals surface area contributed by atoms with Gasteiger partial charge in [0.15, 0.2) is 0 Å². The molecule has 108 valence electrons. The van der Waals surface area contributed by atoms with E-state index in [4.69, 9.17) is 14.6 Å². The van der Waals surface area contributed by atoms with Crippen LogP contribution < -0.4 is 4.74 Å². The van der Waals surface area contributed by atoms with E-state index in [-0.39, 0.29) is 19.8 Å². The quantitative estimate of drug-likeness (QED) is 0.682. The molecule has 5 heteroatoms. The number of aliphatic hydroxyl groups excluding tert-OH is 2. The molecule has 1 rings (SSSR count). The fourth-order valence-corrected chi connectivity index (χ4v) is 1.84. The summed E-state index contributed by atoms with van der Waals surface area (Å²) in [6.45, 7) is 3.16. The van der Waals surface area contributed by atoms with Gasteiger partial charge < -0.3 is 19.7 Å². The van der Waals surface area contributed by atoms with Gasteiger partial charge in [0.2, 0.25) is 0 Å². The van der Waals surface area contributed by atoms with Crippen LogP contribution in [0.3, 0.4) is 0 Å². The minimum absolute atomic E-state index is 0.0551. The molecular formula is C14H21BrO4. The molecule has 0 aromatic heterocycles. The summed E-state index contributed by atoms with van der Waals surface area (Å²) >= 11 is 3.33. The van der Waals surface area contributed by atoms with Crippen molar-refractivity contribution < 1.29 is 19.7 Å². The Labute approximate surface area is 122 Å². The molecule has 0 heterocycles. The van der Waals surface area contributed by atoms with Gasteiger partial charge >= 0.3 is 0 Å². The van der Waals surface area contributed by atoms with E-state index in [0.29, 0.717) is 12.4 Å². The summed E-state index contributed by atoms with van der Waals surface area (Å²) < 4.78 is 11.6. The number of unbranched alkanes of at least 4 members (excludes halogenated alkanes) is 1. The van der Waals surface area contributed by atoms with Crippen LogP contribution in [0.4, 0.5) is 0 Å². The van der Waals surface area contributed by atoms with Gasteiger partial charge in [-0.25, -0.2) is 0 Å². The highest BCUT2D eigenvalue weighted by molar-refractivity contribution is 9.10. The third-order valence-corrected chi connectivity index (χ3v) is 3.36. The van der Waals surface area contributed by atoms with E-state index >= 15 is 0 Å². The number of hydrogen-bond acceptors (Lipinski definition) is 4. The lowest BCUT2D eigenvalue weighted by Crippen LogP contribution is -2.23. The summed E-state index contributed by atoms with van der Waals surface area (Å²) in [5, 5.41) is 18.8. The fraction of sp³-hybridized carbons (Fsp3) is 0.571. The van der Waals surface area contributed by atoms with Gasteiger partial charge in [-0.15, -0.1) is 0 Å². The number of rotatable bonds is 9. The molecule has 2 N–H and O–H groups in total. The van der Waals surface area contributed by atoms with Crippen molar-refractivity contribution in [1.29, 1.82) is 0 Å². The lowest BCUT2D eigenvalue weighted by molar-refractivity contribution is 0.0113. The fourth-order valence-electron chi connectivity index (χ4n) is 1.47. The molecule has 4 nitrogen and oxygen atoms in total. The number of ether oxygens (including phenoxy) is 2. The second-order valence-corrected chi connectivity index (χ2v) is 5.16. The molecule has 1 aromatic carbocycles. The molecule has 1 unspecified atom stereocenters. The van der Waals surface area contributed by atoms with Crippen molar-refractivity contribution in [3.63, 3.8) is 0 Å². The highest BCUT2D eigenvalue weighted by Crippen LogP contribution is 2.22. The van der Waals surface area contributed by atoms with Crippen molar-refractivity contribution in [2.75, 3.05) is 19.8 Å². The van der Waals surface area contributed by atoms with Crippen LogP contribution in [0.1, 0.15) is 25.3 Å². The van der Waals surface area contributed by atoms with Gasteiger partial charge in [0.1, 0.15) is 18.5 Å². The molecule has 19 heavy (non-hydrogen) atoms. The molecule has 0 fully saturated rings. The van der Waals surface area contributed by atoms with Gasteiger partial charge in [-0.2, -0.15) is 0 Å². The zero-order chi connectivity index (χ0) is 14.1. The van der Waals surface area contributed by atoms with E-state index in [9.17, 15) is 5.11 Å². The summed E-state index contributed by atoms with van der Waals surface area (Å²) in [6, 6.07) is 5.34. The monoisotopic (exact) mass is 332 g/mol. The summed E-state index contributed by atoms with van der Waals surface area (Å²) in [5.41, 5.74) is 0.756. The first-order valence-electron chi connectivity index (χ1n) is 6.45. The van der Waals surface area contributed by atoms with E-state index in [1.807, 2.05) is 6.07 Å². The van der Waals surface area contributed by atoms with Crippen LogP contribution in [0.5, 0.6) is 5.75 Å². The van der Waals surface area contributed by atoms with Crippen LogP contribution in [0.25, 0.3) is 0 Å². The zero-order valence-corrected chi connectivity index (χ0v) is 12.7. The maximum Gasteiger partial charge on any atom is 0.119 e. The Morgan fingerprint density at radius 1 is 1.32 bits per heavy atom. The Hall–Kier alpha value is -0.620. The predicted octanol–water partition coefficient (Wildman–Crippen LogP) is 2.50. The van der Waals surface area contributed by atoms with E-state index in [0.717, 1.165) is 22.9 Å². The number of halogens is 1. The average molecular weight is 333 g/mol. The van der Waals surface area contributed by atoms with Crippen molar-refractivity contribution in [3.05, 3.63) is 28.2 Å². The second-order valence-electron chi connectivity index (χ2n) is 4.30. The number of hydrogen-bond donors (Lipinski definition) is 2. The van der Waals surface area contributed by atoms with Gasteiger partial charge in [0.25, 0.3) is 0 Å². The molecule has 1 aromatic rings. The highest BCUT2D eigenvalue weighted by atomic mass is 79.9. The minimum Gasteiger partial charge on any atom is -0.491 e. The van der Waals surface area contributed by atoms with Crippen molar-refractivity contribution in [2.45, 2.75) is 32.5 Å². The lowest BCUT2D eigenvalue weighted by atomic mass is 10.2. The zero-order valence-electron chi connectivity index (χ0n) is 11.1. The van der Waals surface area contributed by atoms with E-state index in [1.54, 1.807) is 12.1 Å². The first-order valence-corrected chi connectivity index (χ1v) is 7.24. The Balaban J connectivity index is 2.31. The maximum absolute atomic E-state index is 9.68. The molecule has 0 bridgehead atoms. The van der Waals surface area contributed by atoms with Crippen molar-refractivity contribution in [3.8, 4) is 5.75 Å². The van der Waals surface area contributed by atoms with Crippen LogP contribution >= 0.6 is 15.9 Å². The summed E-state index contributed by atoms with van der Waals surface area (Å²) in [4.78, 5) is 0. The van der Waals surface area contributed by atoms with Gasteiger partial charge in [0.05, 0.1) is 13.2 Å². The number of aliphatic hydroxyl groups is 2. The maximum atomic E-state index is 9.68. The third kappa shape index (κ3) is 6.38. The second kappa shape index (κ2) is 9.31. The van der Waals surface area contributed by atoms with Gasteiger partial charge in [-0.05, 0) is 30.2 Å². The normalized spacial score (nSPS) is 12.4. The summed E-state index contributed by atoms with van der Waals surface area (Å²) in [6.07, 6.45) is 1.44.